The van der Waals surface area contributed by atoms with Crippen molar-refractivity contribution in [2.75, 3.05) is 5.32 Å². The van der Waals surface area contributed by atoms with Gasteiger partial charge in [0.25, 0.3) is 5.56 Å². The highest BCUT2D eigenvalue weighted by atomic mass is 19.1. The molecule has 3 aromatic rings. The fraction of sp³-hybridized carbons (Fsp3) is 0.0667. The fourth-order valence-electron chi connectivity index (χ4n) is 2.06. The van der Waals surface area contributed by atoms with Crippen LogP contribution in [0.25, 0.3) is 10.9 Å². The summed E-state index contributed by atoms with van der Waals surface area (Å²) in [4.78, 5) is 24.1. The Balaban J connectivity index is 1.86. The number of nitrogens with one attached hydrogen (secondary N) is 1. The summed E-state index contributed by atoms with van der Waals surface area (Å²) in [6, 6.07) is 9.74. The van der Waals surface area contributed by atoms with Crippen LogP contribution in [0, 0.1) is 11.6 Å². The minimum absolute atomic E-state index is 0.298. The quantitative estimate of drug-likeness (QED) is 0.798. The lowest BCUT2D eigenvalue weighted by Gasteiger charge is -2.08. The molecular formula is C15H10F2N4O2. The standard InChI is InChI=1S/C15H10F2N4O2/c16-10-5-3-6-11(17)14(10)18-13(22)8-21-15(23)9-4-1-2-7-12(9)19-20-21/h1-7H,8H2,(H,18,22). The van der Waals surface area contributed by atoms with Crippen LogP contribution in [0.2, 0.25) is 0 Å². The first-order valence-corrected chi connectivity index (χ1v) is 6.62. The molecule has 23 heavy (non-hydrogen) atoms. The summed E-state index contributed by atoms with van der Waals surface area (Å²) in [6.07, 6.45) is 0. The smallest absolute Gasteiger partial charge is 0.278 e. The Hall–Kier alpha value is -3.16. The summed E-state index contributed by atoms with van der Waals surface area (Å²) in [5, 5.41) is 9.85. The van der Waals surface area contributed by atoms with E-state index in [-0.39, 0.29) is 0 Å². The summed E-state index contributed by atoms with van der Waals surface area (Å²) in [7, 11) is 0. The zero-order chi connectivity index (χ0) is 16.4. The minimum atomic E-state index is -0.907. The van der Waals surface area contributed by atoms with Crippen LogP contribution >= 0.6 is 0 Å². The number of fused-ring (bicyclic) bond motifs is 1. The summed E-state index contributed by atoms with van der Waals surface area (Å²) < 4.78 is 27.8. The molecule has 0 unspecified atom stereocenters. The van der Waals surface area contributed by atoms with E-state index in [1.54, 1.807) is 24.3 Å². The average molecular weight is 316 g/mol. The number of carbonyl (C=O) groups excluding carboxylic acids is 1. The lowest BCUT2D eigenvalue weighted by molar-refractivity contribution is -0.117. The van der Waals surface area contributed by atoms with Crippen LogP contribution in [0.1, 0.15) is 0 Å². The molecule has 0 bridgehead atoms. The van der Waals surface area contributed by atoms with Gasteiger partial charge in [-0.3, -0.25) is 9.59 Å². The molecule has 1 heterocycles. The molecule has 0 fully saturated rings. The third-order valence-electron chi connectivity index (χ3n) is 3.15. The zero-order valence-electron chi connectivity index (χ0n) is 11.7. The first kappa shape index (κ1) is 14.8. The van der Waals surface area contributed by atoms with Crippen LogP contribution in [0.15, 0.2) is 47.3 Å². The Bertz CT molecular complexity index is 935. The number of hydrogen-bond acceptors (Lipinski definition) is 4. The molecule has 0 radical (unpaired) electrons. The molecule has 8 heteroatoms. The van der Waals surface area contributed by atoms with Gasteiger partial charge < -0.3 is 5.32 Å². The van der Waals surface area contributed by atoms with Crippen LogP contribution in [0.3, 0.4) is 0 Å². The molecule has 0 saturated carbocycles. The molecule has 6 nitrogen and oxygen atoms in total. The van der Waals surface area contributed by atoms with E-state index < -0.39 is 35.3 Å². The number of hydrogen-bond donors (Lipinski definition) is 1. The first-order chi connectivity index (χ1) is 11.1. The summed E-state index contributed by atoms with van der Waals surface area (Å²) >= 11 is 0. The van der Waals surface area contributed by atoms with E-state index in [1.807, 2.05) is 0 Å². The molecule has 2 aromatic carbocycles. The van der Waals surface area contributed by atoms with Gasteiger partial charge in [-0.05, 0) is 24.3 Å². The van der Waals surface area contributed by atoms with E-state index in [2.05, 4.69) is 15.6 Å². The predicted octanol–water partition coefficient (Wildman–Crippen LogP) is 1.71. The molecule has 0 aliphatic carbocycles. The van der Waals surface area contributed by atoms with Gasteiger partial charge in [-0.2, -0.15) is 0 Å². The molecule has 0 spiro atoms. The lowest BCUT2D eigenvalue weighted by Crippen LogP contribution is -2.30. The molecule has 116 valence electrons. The van der Waals surface area contributed by atoms with Gasteiger partial charge in [0.2, 0.25) is 5.91 Å². The lowest BCUT2D eigenvalue weighted by atomic mass is 10.2. The normalized spacial score (nSPS) is 10.7. The third-order valence-corrected chi connectivity index (χ3v) is 3.15. The summed E-state index contributed by atoms with van der Waals surface area (Å²) in [5.41, 5.74) is -0.687. The maximum atomic E-state index is 13.5. The van der Waals surface area contributed by atoms with Crippen molar-refractivity contribution in [2.24, 2.45) is 0 Å². The van der Waals surface area contributed by atoms with Crippen molar-refractivity contribution < 1.29 is 13.6 Å². The highest BCUT2D eigenvalue weighted by Gasteiger charge is 2.14. The van der Waals surface area contributed by atoms with Crippen LogP contribution in [-0.2, 0) is 11.3 Å². The van der Waals surface area contributed by atoms with Gasteiger partial charge in [-0.15, -0.1) is 5.10 Å². The van der Waals surface area contributed by atoms with Crippen molar-refractivity contribution in [3.05, 3.63) is 64.5 Å². The minimum Gasteiger partial charge on any atom is -0.320 e. The first-order valence-electron chi connectivity index (χ1n) is 6.62. The Labute approximate surface area is 128 Å². The topological polar surface area (TPSA) is 76.9 Å². The maximum Gasteiger partial charge on any atom is 0.278 e. The highest BCUT2D eigenvalue weighted by Crippen LogP contribution is 2.17. The van der Waals surface area contributed by atoms with Crippen molar-refractivity contribution in [3.63, 3.8) is 0 Å². The second-order valence-electron chi connectivity index (χ2n) is 4.71. The number of amides is 1. The maximum absolute atomic E-state index is 13.5. The van der Waals surface area contributed by atoms with E-state index in [1.165, 1.54) is 6.07 Å². The van der Waals surface area contributed by atoms with Crippen LogP contribution in [-0.4, -0.2) is 20.9 Å². The molecule has 0 atom stereocenters. The Kier molecular flexibility index (Phi) is 3.80. The zero-order valence-corrected chi connectivity index (χ0v) is 11.7. The van der Waals surface area contributed by atoms with Gasteiger partial charge in [0.15, 0.2) is 0 Å². The summed E-state index contributed by atoms with van der Waals surface area (Å²) in [6.45, 7) is -0.509. The Morgan fingerprint density at radius 3 is 2.52 bits per heavy atom. The van der Waals surface area contributed by atoms with Crippen LogP contribution in [0.4, 0.5) is 14.5 Å². The van der Waals surface area contributed by atoms with E-state index in [9.17, 15) is 18.4 Å². The SMILES string of the molecule is O=C(Cn1nnc2ccccc2c1=O)Nc1c(F)cccc1F. The number of aromatic nitrogens is 3. The Morgan fingerprint density at radius 1 is 1.09 bits per heavy atom. The number of anilines is 1. The second-order valence-corrected chi connectivity index (χ2v) is 4.71. The van der Waals surface area contributed by atoms with Gasteiger partial charge in [0.05, 0.1) is 5.39 Å². The molecule has 1 amide bonds. The van der Waals surface area contributed by atoms with Crippen molar-refractivity contribution in [1.29, 1.82) is 0 Å². The summed E-state index contributed by atoms with van der Waals surface area (Å²) in [5.74, 6) is -2.61. The molecule has 1 aromatic heterocycles. The largest absolute Gasteiger partial charge is 0.320 e. The molecule has 1 N–H and O–H groups in total. The van der Waals surface area contributed by atoms with Crippen LogP contribution < -0.4 is 10.9 Å². The van der Waals surface area contributed by atoms with E-state index in [4.69, 9.17) is 0 Å². The van der Waals surface area contributed by atoms with E-state index in [0.717, 1.165) is 16.8 Å². The van der Waals surface area contributed by atoms with Crippen molar-refractivity contribution in [2.45, 2.75) is 6.54 Å². The third kappa shape index (κ3) is 2.91. The molecule has 3 rings (SSSR count). The van der Waals surface area contributed by atoms with Gasteiger partial charge in [0.1, 0.15) is 29.4 Å². The predicted molar refractivity (Wildman–Crippen MR) is 78.8 cm³/mol. The second kappa shape index (κ2) is 5.91. The number of carbonyl (C=O) groups is 1. The van der Waals surface area contributed by atoms with E-state index >= 15 is 0 Å². The van der Waals surface area contributed by atoms with E-state index in [0.29, 0.717) is 10.9 Å². The fourth-order valence-corrected chi connectivity index (χ4v) is 2.06. The Morgan fingerprint density at radius 2 is 1.78 bits per heavy atom. The highest BCUT2D eigenvalue weighted by molar-refractivity contribution is 5.90. The van der Waals surface area contributed by atoms with Gasteiger partial charge in [-0.1, -0.05) is 23.4 Å². The number of benzene rings is 2. The van der Waals surface area contributed by atoms with Crippen LogP contribution in [0.5, 0.6) is 0 Å². The van der Waals surface area contributed by atoms with Gasteiger partial charge in [0, 0.05) is 0 Å². The van der Waals surface area contributed by atoms with Crippen molar-refractivity contribution in [3.8, 4) is 0 Å². The van der Waals surface area contributed by atoms with Gasteiger partial charge in [-0.25, -0.2) is 13.5 Å². The average Bonchev–Trinajstić information content (AvgIpc) is 2.54. The molecular weight excluding hydrogens is 306 g/mol. The van der Waals surface area contributed by atoms with Crippen molar-refractivity contribution >= 4 is 22.5 Å². The molecule has 0 saturated heterocycles. The van der Waals surface area contributed by atoms with Gasteiger partial charge >= 0.3 is 0 Å². The number of nitrogens with zero attached hydrogens (tertiary/aromatic N) is 3. The van der Waals surface area contributed by atoms with Crippen molar-refractivity contribution in [1.82, 2.24) is 15.0 Å². The number of rotatable bonds is 3. The monoisotopic (exact) mass is 316 g/mol. The molecule has 0 aliphatic rings. The molecule has 0 aliphatic heterocycles. The number of para-hydroxylation sites is 1. The number of halogens is 2.